The van der Waals surface area contributed by atoms with E-state index < -0.39 is 0 Å². The average Bonchev–Trinajstić information content (AvgIpc) is 2.67. The highest BCUT2D eigenvalue weighted by Gasteiger charge is 2.26. The lowest BCUT2D eigenvalue weighted by atomic mass is 9.91. The van der Waals surface area contributed by atoms with Gasteiger partial charge in [0.15, 0.2) is 0 Å². The number of hydrogen-bond acceptors (Lipinski definition) is 3. The van der Waals surface area contributed by atoms with Crippen molar-refractivity contribution in [3.05, 3.63) is 64.1 Å². The van der Waals surface area contributed by atoms with Gasteiger partial charge in [-0.1, -0.05) is 19.1 Å². The Labute approximate surface area is 151 Å². The number of aromatic amines is 1. The van der Waals surface area contributed by atoms with Crippen LogP contribution >= 0.6 is 0 Å². The Bertz CT molecular complexity index is 1040. The van der Waals surface area contributed by atoms with Gasteiger partial charge in [-0.05, 0) is 49.1 Å². The molecule has 1 unspecified atom stereocenters. The van der Waals surface area contributed by atoms with Crippen molar-refractivity contribution in [1.82, 2.24) is 15.3 Å². The molecule has 0 radical (unpaired) electrons. The number of nitrogens with one attached hydrogen (secondary N) is 2. The number of fused-ring (bicyclic) bond motifs is 1. The number of nitrogens with zero attached hydrogens (tertiary/aromatic N) is 1. The molecule has 1 aromatic carbocycles. The Morgan fingerprint density at radius 2 is 2.08 bits per heavy atom. The summed E-state index contributed by atoms with van der Waals surface area (Å²) in [5.74, 6) is -0.413. The van der Waals surface area contributed by atoms with Crippen LogP contribution in [0.4, 0.5) is 0 Å². The molecule has 3 heterocycles. The lowest BCUT2D eigenvalue weighted by molar-refractivity contribution is -0.123. The highest BCUT2D eigenvalue weighted by molar-refractivity contribution is 5.87. The lowest BCUT2D eigenvalue weighted by Gasteiger charge is -2.21. The van der Waals surface area contributed by atoms with Gasteiger partial charge < -0.3 is 10.3 Å². The minimum Gasteiger partial charge on any atom is -0.356 e. The molecular weight excluding hydrogens is 326 g/mol. The average molecular weight is 347 g/mol. The second-order valence-corrected chi connectivity index (χ2v) is 6.70. The molecule has 0 spiro atoms. The SMILES string of the molecule is CCc1cc(-c2ccc(C3CCCNC3=O)c(=O)[nH]2)cc2ncccc12. The van der Waals surface area contributed by atoms with Gasteiger partial charge in [0.25, 0.3) is 5.56 Å². The summed E-state index contributed by atoms with van der Waals surface area (Å²) in [6.45, 7) is 2.80. The van der Waals surface area contributed by atoms with Gasteiger partial charge in [-0.3, -0.25) is 14.6 Å². The Morgan fingerprint density at radius 3 is 2.85 bits per heavy atom. The van der Waals surface area contributed by atoms with Crippen LogP contribution < -0.4 is 10.9 Å². The van der Waals surface area contributed by atoms with Crippen molar-refractivity contribution in [3.8, 4) is 11.3 Å². The zero-order valence-corrected chi connectivity index (χ0v) is 14.7. The number of hydrogen-bond donors (Lipinski definition) is 2. The summed E-state index contributed by atoms with van der Waals surface area (Å²) in [5, 5.41) is 3.98. The molecule has 1 atom stereocenters. The molecule has 4 rings (SSSR count). The maximum atomic E-state index is 12.6. The number of amides is 1. The van der Waals surface area contributed by atoms with Crippen molar-refractivity contribution in [3.63, 3.8) is 0 Å². The molecule has 2 aromatic heterocycles. The number of piperidine rings is 1. The van der Waals surface area contributed by atoms with Crippen molar-refractivity contribution < 1.29 is 4.79 Å². The first-order valence-corrected chi connectivity index (χ1v) is 9.06. The van der Waals surface area contributed by atoms with Crippen molar-refractivity contribution in [1.29, 1.82) is 0 Å². The predicted octanol–water partition coefficient (Wildman–Crippen LogP) is 3.15. The zero-order valence-electron chi connectivity index (χ0n) is 14.7. The monoisotopic (exact) mass is 347 g/mol. The fraction of sp³-hybridized carbons (Fsp3) is 0.286. The number of aromatic nitrogens is 2. The van der Waals surface area contributed by atoms with Gasteiger partial charge in [0.05, 0.1) is 11.4 Å². The number of aryl methyl sites for hydroxylation is 1. The third-order valence-corrected chi connectivity index (χ3v) is 5.10. The molecule has 1 saturated heterocycles. The molecule has 2 N–H and O–H groups in total. The van der Waals surface area contributed by atoms with E-state index in [9.17, 15) is 9.59 Å². The van der Waals surface area contributed by atoms with E-state index in [1.807, 2.05) is 18.2 Å². The smallest absolute Gasteiger partial charge is 0.252 e. The van der Waals surface area contributed by atoms with Gasteiger partial charge in [-0.25, -0.2) is 0 Å². The van der Waals surface area contributed by atoms with E-state index in [4.69, 9.17) is 0 Å². The van der Waals surface area contributed by atoms with Crippen LogP contribution in [-0.4, -0.2) is 22.4 Å². The van der Waals surface area contributed by atoms with Gasteiger partial charge in [0.2, 0.25) is 5.91 Å². The molecule has 5 nitrogen and oxygen atoms in total. The zero-order chi connectivity index (χ0) is 18.1. The van der Waals surface area contributed by atoms with Crippen LogP contribution in [0.15, 0.2) is 47.4 Å². The summed E-state index contributed by atoms with van der Waals surface area (Å²) >= 11 is 0. The van der Waals surface area contributed by atoms with Crippen molar-refractivity contribution in [2.24, 2.45) is 0 Å². The molecular formula is C21H21N3O2. The summed E-state index contributed by atoms with van der Waals surface area (Å²) in [6, 6.07) is 11.8. The highest BCUT2D eigenvalue weighted by Crippen LogP contribution is 2.27. The first kappa shape index (κ1) is 16.5. The number of carbonyl (C=O) groups is 1. The molecule has 1 aliphatic heterocycles. The first-order valence-electron chi connectivity index (χ1n) is 9.06. The molecule has 0 bridgehead atoms. The fourth-order valence-corrected chi connectivity index (χ4v) is 3.70. The van der Waals surface area contributed by atoms with Crippen LogP contribution in [-0.2, 0) is 11.2 Å². The number of benzene rings is 1. The number of carbonyl (C=O) groups excluding carboxylic acids is 1. The van der Waals surface area contributed by atoms with Crippen LogP contribution in [0.1, 0.15) is 36.8 Å². The van der Waals surface area contributed by atoms with E-state index in [0.717, 1.165) is 35.0 Å². The second-order valence-electron chi connectivity index (χ2n) is 6.70. The van der Waals surface area contributed by atoms with Crippen molar-refractivity contribution >= 4 is 16.8 Å². The van der Waals surface area contributed by atoms with E-state index in [2.05, 4.69) is 34.3 Å². The summed E-state index contributed by atoms with van der Waals surface area (Å²) in [4.78, 5) is 32.1. The summed E-state index contributed by atoms with van der Waals surface area (Å²) in [7, 11) is 0. The molecule has 1 fully saturated rings. The third kappa shape index (κ3) is 2.90. The van der Waals surface area contributed by atoms with Crippen molar-refractivity contribution in [2.45, 2.75) is 32.1 Å². The Hall–Kier alpha value is -2.95. The molecule has 5 heteroatoms. The highest BCUT2D eigenvalue weighted by atomic mass is 16.2. The van der Waals surface area contributed by atoms with Crippen LogP contribution in [0.2, 0.25) is 0 Å². The molecule has 1 aliphatic rings. The number of pyridine rings is 2. The predicted molar refractivity (Wildman–Crippen MR) is 102 cm³/mol. The first-order chi connectivity index (χ1) is 12.7. The third-order valence-electron chi connectivity index (χ3n) is 5.10. The van der Waals surface area contributed by atoms with Crippen LogP contribution in [0.25, 0.3) is 22.2 Å². The van der Waals surface area contributed by atoms with E-state index in [0.29, 0.717) is 18.5 Å². The van der Waals surface area contributed by atoms with Crippen molar-refractivity contribution in [2.75, 3.05) is 6.54 Å². The Balaban J connectivity index is 1.77. The standard InChI is InChI=1S/C21H21N3O2/c1-2-13-11-14(12-19-15(13)5-3-9-22-19)18-8-7-17(21(26)24-18)16-6-4-10-23-20(16)25/h3,5,7-9,11-12,16H,2,4,6,10H2,1H3,(H,23,25)(H,24,26). The van der Waals surface area contributed by atoms with E-state index in [-0.39, 0.29) is 17.4 Å². The minimum absolute atomic E-state index is 0.0577. The normalized spacial score (nSPS) is 17.3. The Kier molecular flexibility index (Phi) is 4.29. The second kappa shape index (κ2) is 6.75. The van der Waals surface area contributed by atoms with Crippen LogP contribution in [0.3, 0.4) is 0 Å². The van der Waals surface area contributed by atoms with Gasteiger partial charge in [0, 0.05) is 34.9 Å². The fourth-order valence-electron chi connectivity index (χ4n) is 3.70. The van der Waals surface area contributed by atoms with Crippen LogP contribution in [0, 0.1) is 0 Å². The quantitative estimate of drug-likeness (QED) is 0.764. The molecule has 0 saturated carbocycles. The minimum atomic E-state index is -0.356. The van der Waals surface area contributed by atoms with E-state index >= 15 is 0 Å². The van der Waals surface area contributed by atoms with Crippen LogP contribution in [0.5, 0.6) is 0 Å². The van der Waals surface area contributed by atoms with Gasteiger partial charge >= 0.3 is 0 Å². The molecule has 132 valence electrons. The van der Waals surface area contributed by atoms with Gasteiger partial charge in [0.1, 0.15) is 0 Å². The summed E-state index contributed by atoms with van der Waals surface area (Å²) in [6.07, 6.45) is 4.28. The van der Waals surface area contributed by atoms with E-state index in [1.54, 1.807) is 12.3 Å². The number of rotatable bonds is 3. The molecule has 3 aromatic rings. The topological polar surface area (TPSA) is 74.8 Å². The maximum Gasteiger partial charge on any atom is 0.252 e. The molecule has 0 aliphatic carbocycles. The number of H-pyrrole nitrogens is 1. The largest absolute Gasteiger partial charge is 0.356 e. The molecule has 26 heavy (non-hydrogen) atoms. The van der Waals surface area contributed by atoms with E-state index in [1.165, 1.54) is 5.56 Å². The lowest BCUT2D eigenvalue weighted by Crippen LogP contribution is -2.37. The summed E-state index contributed by atoms with van der Waals surface area (Å²) < 4.78 is 0. The Morgan fingerprint density at radius 1 is 1.19 bits per heavy atom. The molecule has 1 amide bonds. The maximum absolute atomic E-state index is 12.6. The van der Waals surface area contributed by atoms with Gasteiger partial charge in [-0.2, -0.15) is 0 Å². The van der Waals surface area contributed by atoms with Gasteiger partial charge in [-0.15, -0.1) is 0 Å². The summed E-state index contributed by atoms with van der Waals surface area (Å²) in [5.41, 5.74) is 4.15.